The number of benzene rings is 1. The molecule has 0 radical (unpaired) electrons. The summed E-state index contributed by atoms with van der Waals surface area (Å²) in [4.78, 5) is 11.6. The number of nitrogens with zero attached hydrogens (tertiary/aromatic N) is 2. The highest BCUT2D eigenvalue weighted by molar-refractivity contribution is 7.99. The van der Waals surface area contributed by atoms with Crippen LogP contribution in [0.15, 0.2) is 34.2 Å². The number of nitrogens with one attached hydrogen (secondary N) is 1. The normalized spacial score (nSPS) is 10.8. The Balaban J connectivity index is 1.80. The first-order chi connectivity index (χ1) is 10.2. The van der Waals surface area contributed by atoms with Crippen LogP contribution in [0, 0.1) is 6.92 Å². The topological polar surface area (TPSA) is 59.9 Å². The molecule has 5 nitrogen and oxygen atoms in total. The Bertz CT molecular complexity index is 604. The minimum Gasteiger partial charge on any atom is -0.493 e. The van der Waals surface area contributed by atoms with Gasteiger partial charge in [-0.2, -0.15) is 0 Å². The molecule has 1 heterocycles. The summed E-state index contributed by atoms with van der Waals surface area (Å²) in [5.74, 6) is 1.62. The Hall–Kier alpha value is -1.69. The zero-order valence-corrected chi connectivity index (χ0v) is 13.3. The molecule has 2 aromatic rings. The lowest BCUT2D eigenvalue weighted by Crippen LogP contribution is -2.17. The molecule has 114 valence electrons. The predicted molar refractivity (Wildman–Crippen MR) is 85.2 cm³/mol. The minimum atomic E-state index is -0.134. The van der Waals surface area contributed by atoms with Crippen molar-refractivity contribution in [3.63, 3.8) is 0 Å². The predicted octanol–water partition coefficient (Wildman–Crippen LogP) is 2.85. The van der Waals surface area contributed by atoms with E-state index in [0.29, 0.717) is 13.2 Å². The fourth-order valence-corrected chi connectivity index (χ4v) is 2.64. The molecule has 0 atom stereocenters. The van der Waals surface area contributed by atoms with Gasteiger partial charge in [0, 0.05) is 12.3 Å². The Kier molecular flexibility index (Phi) is 5.92. The lowest BCUT2D eigenvalue weighted by Gasteiger charge is -2.07. The van der Waals surface area contributed by atoms with Crippen molar-refractivity contribution in [2.75, 3.05) is 12.4 Å². The summed E-state index contributed by atoms with van der Waals surface area (Å²) in [5.41, 5.74) is 1.08. The van der Waals surface area contributed by atoms with Crippen LogP contribution in [0.2, 0.25) is 0 Å². The van der Waals surface area contributed by atoms with Gasteiger partial charge in [0.2, 0.25) is 0 Å². The summed E-state index contributed by atoms with van der Waals surface area (Å²) in [6.07, 6.45) is 2.03. The van der Waals surface area contributed by atoms with Crippen molar-refractivity contribution in [2.45, 2.75) is 38.4 Å². The zero-order chi connectivity index (χ0) is 15.1. The molecule has 0 aliphatic carbocycles. The van der Waals surface area contributed by atoms with Crippen molar-refractivity contribution in [3.8, 4) is 5.75 Å². The molecule has 0 amide bonds. The molecule has 0 saturated carbocycles. The van der Waals surface area contributed by atoms with Gasteiger partial charge in [-0.15, -0.1) is 5.10 Å². The number of ether oxygens (including phenoxy) is 1. The third kappa shape index (κ3) is 4.67. The van der Waals surface area contributed by atoms with Crippen molar-refractivity contribution in [2.24, 2.45) is 0 Å². The number of aromatic nitrogens is 3. The van der Waals surface area contributed by atoms with E-state index in [0.717, 1.165) is 29.5 Å². The molecule has 2 rings (SSSR count). The first kappa shape index (κ1) is 15.7. The van der Waals surface area contributed by atoms with Crippen molar-refractivity contribution in [1.82, 2.24) is 14.8 Å². The third-order valence-corrected chi connectivity index (χ3v) is 4.00. The maximum atomic E-state index is 11.6. The number of rotatable bonds is 8. The van der Waals surface area contributed by atoms with Crippen molar-refractivity contribution >= 4 is 11.8 Å². The fraction of sp³-hybridized carbons (Fsp3) is 0.467. The maximum absolute atomic E-state index is 11.6. The summed E-state index contributed by atoms with van der Waals surface area (Å²) in [5, 5.41) is 7.30. The van der Waals surface area contributed by atoms with Crippen LogP contribution in [0.4, 0.5) is 0 Å². The molecule has 0 unspecified atom stereocenters. The molecule has 1 aromatic heterocycles. The van der Waals surface area contributed by atoms with Crippen LogP contribution in [0.5, 0.6) is 5.75 Å². The van der Waals surface area contributed by atoms with Gasteiger partial charge >= 0.3 is 5.69 Å². The first-order valence-corrected chi connectivity index (χ1v) is 8.16. The summed E-state index contributed by atoms with van der Waals surface area (Å²) in [6, 6.07) is 7.98. The molecule has 0 aliphatic heterocycles. The minimum absolute atomic E-state index is 0.134. The van der Waals surface area contributed by atoms with Crippen molar-refractivity contribution < 1.29 is 4.74 Å². The monoisotopic (exact) mass is 307 g/mol. The number of thioether (sulfide) groups is 1. The molecular weight excluding hydrogens is 286 g/mol. The van der Waals surface area contributed by atoms with E-state index >= 15 is 0 Å². The van der Waals surface area contributed by atoms with Gasteiger partial charge in [-0.3, -0.25) is 4.57 Å². The van der Waals surface area contributed by atoms with Crippen LogP contribution >= 0.6 is 11.8 Å². The number of H-pyrrole nitrogens is 1. The number of unbranched alkanes of at least 4 members (excludes halogenated alkanes) is 1. The van der Waals surface area contributed by atoms with Gasteiger partial charge in [-0.05, 0) is 25.5 Å². The Morgan fingerprint density at radius 1 is 1.33 bits per heavy atom. The van der Waals surface area contributed by atoms with E-state index < -0.39 is 0 Å². The number of aryl methyl sites for hydroxylation is 1. The van der Waals surface area contributed by atoms with Gasteiger partial charge in [0.05, 0.1) is 6.61 Å². The third-order valence-electron chi connectivity index (χ3n) is 3.06. The molecule has 0 bridgehead atoms. The summed E-state index contributed by atoms with van der Waals surface area (Å²) in [6.45, 7) is 5.45. The second-order valence-electron chi connectivity index (χ2n) is 4.83. The van der Waals surface area contributed by atoms with E-state index in [1.807, 2.05) is 31.2 Å². The van der Waals surface area contributed by atoms with Gasteiger partial charge < -0.3 is 4.74 Å². The zero-order valence-electron chi connectivity index (χ0n) is 12.5. The quantitative estimate of drug-likeness (QED) is 0.602. The van der Waals surface area contributed by atoms with Crippen LogP contribution in [-0.2, 0) is 6.54 Å². The smallest absolute Gasteiger partial charge is 0.343 e. The molecule has 1 aromatic carbocycles. The molecule has 0 spiro atoms. The van der Waals surface area contributed by atoms with E-state index in [2.05, 4.69) is 17.1 Å². The second-order valence-corrected chi connectivity index (χ2v) is 5.89. The highest BCUT2D eigenvalue weighted by atomic mass is 32.2. The molecule has 1 N–H and O–H groups in total. The Morgan fingerprint density at radius 2 is 2.10 bits per heavy atom. The summed E-state index contributed by atoms with van der Waals surface area (Å²) < 4.78 is 7.36. The highest BCUT2D eigenvalue weighted by Crippen LogP contribution is 2.15. The van der Waals surface area contributed by atoms with Crippen LogP contribution in [-0.4, -0.2) is 27.1 Å². The molecular formula is C15H21N3O2S. The van der Waals surface area contributed by atoms with Crippen molar-refractivity contribution in [3.05, 3.63) is 40.3 Å². The number of aromatic amines is 1. The lowest BCUT2D eigenvalue weighted by molar-refractivity contribution is 0.343. The van der Waals surface area contributed by atoms with Gasteiger partial charge in [-0.1, -0.05) is 42.8 Å². The molecule has 0 aliphatic rings. The fourth-order valence-electron chi connectivity index (χ4n) is 1.85. The van der Waals surface area contributed by atoms with Crippen LogP contribution < -0.4 is 10.4 Å². The van der Waals surface area contributed by atoms with E-state index in [9.17, 15) is 4.79 Å². The van der Waals surface area contributed by atoms with Crippen molar-refractivity contribution in [1.29, 1.82) is 0 Å². The Morgan fingerprint density at radius 3 is 2.81 bits per heavy atom. The molecule has 0 saturated heterocycles. The largest absolute Gasteiger partial charge is 0.493 e. The van der Waals surface area contributed by atoms with Gasteiger partial charge in [0.15, 0.2) is 5.16 Å². The summed E-state index contributed by atoms with van der Waals surface area (Å²) >= 11 is 1.54. The Labute approximate surface area is 128 Å². The van der Waals surface area contributed by atoms with E-state index in [-0.39, 0.29) is 5.69 Å². The summed E-state index contributed by atoms with van der Waals surface area (Å²) in [7, 11) is 0. The van der Waals surface area contributed by atoms with Crippen LogP contribution in [0.3, 0.4) is 0 Å². The van der Waals surface area contributed by atoms with Crippen LogP contribution in [0.25, 0.3) is 0 Å². The highest BCUT2D eigenvalue weighted by Gasteiger charge is 2.08. The van der Waals surface area contributed by atoms with Gasteiger partial charge in [0.25, 0.3) is 0 Å². The average molecular weight is 307 g/mol. The van der Waals surface area contributed by atoms with E-state index in [1.165, 1.54) is 17.3 Å². The van der Waals surface area contributed by atoms with Crippen LogP contribution in [0.1, 0.15) is 25.3 Å². The SMILES string of the molecule is CCCCn1c(SCCOc2ccc(C)cc2)n[nH]c1=O. The number of hydrogen-bond acceptors (Lipinski definition) is 4. The number of hydrogen-bond donors (Lipinski definition) is 1. The van der Waals surface area contributed by atoms with Gasteiger partial charge in [0.1, 0.15) is 5.75 Å². The first-order valence-electron chi connectivity index (χ1n) is 7.18. The molecule has 6 heteroatoms. The average Bonchev–Trinajstić information content (AvgIpc) is 2.84. The van der Waals surface area contributed by atoms with E-state index in [4.69, 9.17) is 4.74 Å². The maximum Gasteiger partial charge on any atom is 0.343 e. The van der Waals surface area contributed by atoms with Gasteiger partial charge in [-0.25, -0.2) is 9.89 Å². The second kappa shape index (κ2) is 7.93. The molecule has 0 fully saturated rings. The van der Waals surface area contributed by atoms with E-state index in [1.54, 1.807) is 4.57 Å². The standard InChI is InChI=1S/C15H21N3O2S/c1-3-4-9-18-14(19)16-17-15(18)21-11-10-20-13-7-5-12(2)6-8-13/h5-8H,3-4,9-11H2,1-2H3,(H,16,19). The lowest BCUT2D eigenvalue weighted by atomic mass is 10.2. The molecule has 21 heavy (non-hydrogen) atoms.